The summed E-state index contributed by atoms with van der Waals surface area (Å²) in [4.78, 5) is 11.5. The molecule has 1 saturated heterocycles. The van der Waals surface area contributed by atoms with Crippen LogP contribution in [0.2, 0.25) is 0 Å². The van der Waals surface area contributed by atoms with E-state index in [-0.39, 0.29) is 12.1 Å². The topological polar surface area (TPSA) is 68.2 Å². The van der Waals surface area contributed by atoms with Crippen LogP contribution in [0.3, 0.4) is 0 Å². The summed E-state index contributed by atoms with van der Waals surface area (Å²) in [5.41, 5.74) is 0. The third-order valence-electron chi connectivity index (χ3n) is 2.33. The van der Waals surface area contributed by atoms with Crippen LogP contribution in [-0.4, -0.2) is 35.1 Å². The molecule has 15 heavy (non-hydrogen) atoms. The Bertz CT molecular complexity index is 344. The second-order valence-electron chi connectivity index (χ2n) is 3.50. The number of ether oxygens (including phenoxy) is 1. The van der Waals surface area contributed by atoms with E-state index in [4.69, 9.17) is 4.74 Å². The normalized spacial score (nSPS) is 20.2. The second kappa shape index (κ2) is 4.31. The van der Waals surface area contributed by atoms with Gasteiger partial charge < -0.3 is 10.1 Å². The van der Waals surface area contributed by atoms with E-state index < -0.39 is 0 Å². The molecule has 0 aromatic carbocycles. The van der Waals surface area contributed by atoms with Crippen molar-refractivity contribution in [2.45, 2.75) is 12.5 Å². The van der Waals surface area contributed by atoms with E-state index in [1.807, 2.05) is 0 Å². The Morgan fingerprint density at radius 1 is 1.73 bits per heavy atom. The van der Waals surface area contributed by atoms with Gasteiger partial charge in [-0.2, -0.15) is 5.10 Å². The Kier molecular flexibility index (Phi) is 2.86. The molecule has 0 bridgehead atoms. The first-order chi connectivity index (χ1) is 7.25. The standard InChI is InChI=1S/C9H14N4O2/c1-13-8(2-4-10-13)12-9(14)11-7-3-5-15-6-7/h2,4,7H,3,5-6H2,1H3,(H2,11,12,14). The number of hydrogen-bond donors (Lipinski definition) is 2. The minimum Gasteiger partial charge on any atom is -0.379 e. The highest BCUT2D eigenvalue weighted by Gasteiger charge is 2.17. The zero-order valence-corrected chi connectivity index (χ0v) is 8.56. The Morgan fingerprint density at radius 2 is 2.60 bits per heavy atom. The van der Waals surface area contributed by atoms with Crippen LogP contribution in [0.25, 0.3) is 0 Å². The Balaban J connectivity index is 1.84. The maximum absolute atomic E-state index is 11.5. The molecule has 6 nitrogen and oxygen atoms in total. The van der Waals surface area contributed by atoms with Gasteiger partial charge in [0.25, 0.3) is 0 Å². The quantitative estimate of drug-likeness (QED) is 0.739. The first kappa shape index (κ1) is 9.97. The van der Waals surface area contributed by atoms with Crippen LogP contribution in [0.4, 0.5) is 10.6 Å². The number of urea groups is 1. The number of aromatic nitrogens is 2. The summed E-state index contributed by atoms with van der Waals surface area (Å²) in [6.45, 7) is 1.31. The molecular formula is C9H14N4O2. The van der Waals surface area contributed by atoms with Gasteiger partial charge in [-0.1, -0.05) is 0 Å². The van der Waals surface area contributed by atoms with E-state index in [0.717, 1.165) is 13.0 Å². The van der Waals surface area contributed by atoms with Crippen molar-refractivity contribution in [1.82, 2.24) is 15.1 Å². The molecule has 2 heterocycles. The number of hydrogen-bond acceptors (Lipinski definition) is 3. The van der Waals surface area contributed by atoms with Crippen LogP contribution in [0.5, 0.6) is 0 Å². The molecule has 2 rings (SSSR count). The minimum absolute atomic E-state index is 0.123. The van der Waals surface area contributed by atoms with Crippen molar-refractivity contribution in [3.63, 3.8) is 0 Å². The SMILES string of the molecule is Cn1nccc1NC(=O)NC1CCOC1. The van der Waals surface area contributed by atoms with Crippen molar-refractivity contribution in [3.8, 4) is 0 Å². The van der Waals surface area contributed by atoms with E-state index >= 15 is 0 Å². The van der Waals surface area contributed by atoms with Gasteiger partial charge in [-0.05, 0) is 6.42 Å². The van der Waals surface area contributed by atoms with Gasteiger partial charge in [-0.15, -0.1) is 0 Å². The summed E-state index contributed by atoms with van der Waals surface area (Å²) in [5.74, 6) is 0.673. The average molecular weight is 210 g/mol. The summed E-state index contributed by atoms with van der Waals surface area (Å²) in [5, 5.41) is 9.49. The number of carbonyl (C=O) groups excluding carboxylic acids is 1. The number of carbonyl (C=O) groups is 1. The maximum atomic E-state index is 11.5. The van der Waals surface area contributed by atoms with E-state index in [1.54, 1.807) is 24.0 Å². The molecular weight excluding hydrogens is 196 g/mol. The number of rotatable bonds is 2. The fourth-order valence-corrected chi connectivity index (χ4v) is 1.48. The molecule has 1 aromatic rings. The maximum Gasteiger partial charge on any atom is 0.320 e. The average Bonchev–Trinajstić information content (AvgIpc) is 2.79. The Labute approximate surface area is 87.6 Å². The van der Waals surface area contributed by atoms with Crippen LogP contribution >= 0.6 is 0 Å². The number of aryl methyl sites for hydroxylation is 1. The lowest BCUT2D eigenvalue weighted by atomic mass is 10.3. The van der Waals surface area contributed by atoms with Crippen molar-refractivity contribution >= 4 is 11.8 Å². The zero-order valence-electron chi connectivity index (χ0n) is 8.56. The third kappa shape index (κ3) is 2.47. The van der Waals surface area contributed by atoms with Crippen molar-refractivity contribution in [2.24, 2.45) is 7.05 Å². The van der Waals surface area contributed by atoms with Gasteiger partial charge >= 0.3 is 6.03 Å². The summed E-state index contributed by atoms with van der Waals surface area (Å²) in [6, 6.07) is 1.65. The van der Waals surface area contributed by atoms with Gasteiger partial charge in [0.05, 0.1) is 18.8 Å². The summed E-state index contributed by atoms with van der Waals surface area (Å²) in [7, 11) is 1.77. The summed E-state index contributed by atoms with van der Waals surface area (Å²) >= 11 is 0. The lowest BCUT2D eigenvalue weighted by Gasteiger charge is -2.11. The van der Waals surface area contributed by atoms with E-state index in [2.05, 4.69) is 15.7 Å². The molecule has 0 saturated carbocycles. The van der Waals surface area contributed by atoms with Gasteiger partial charge in [-0.3, -0.25) is 10.00 Å². The fourth-order valence-electron chi connectivity index (χ4n) is 1.48. The van der Waals surface area contributed by atoms with Crippen molar-refractivity contribution in [3.05, 3.63) is 12.3 Å². The Morgan fingerprint density at radius 3 is 3.20 bits per heavy atom. The minimum atomic E-state index is -0.214. The van der Waals surface area contributed by atoms with Crippen LogP contribution in [-0.2, 0) is 11.8 Å². The lowest BCUT2D eigenvalue weighted by molar-refractivity contribution is 0.189. The number of nitrogens with one attached hydrogen (secondary N) is 2. The Hall–Kier alpha value is -1.56. The molecule has 1 aromatic heterocycles. The first-order valence-corrected chi connectivity index (χ1v) is 4.89. The molecule has 0 aliphatic carbocycles. The predicted octanol–water partition coefficient (Wildman–Crippen LogP) is 0.330. The molecule has 1 aliphatic heterocycles. The first-order valence-electron chi connectivity index (χ1n) is 4.89. The summed E-state index contributed by atoms with van der Waals surface area (Å²) < 4.78 is 6.76. The van der Waals surface area contributed by atoms with Gasteiger partial charge in [0.2, 0.25) is 0 Å². The molecule has 2 amide bonds. The molecule has 1 fully saturated rings. The highest BCUT2D eigenvalue weighted by molar-refractivity contribution is 5.88. The highest BCUT2D eigenvalue weighted by atomic mass is 16.5. The van der Waals surface area contributed by atoms with E-state index in [0.29, 0.717) is 12.4 Å². The molecule has 1 unspecified atom stereocenters. The van der Waals surface area contributed by atoms with Crippen LogP contribution in [0.15, 0.2) is 12.3 Å². The summed E-state index contributed by atoms with van der Waals surface area (Å²) in [6.07, 6.45) is 2.51. The van der Waals surface area contributed by atoms with Crippen molar-refractivity contribution in [1.29, 1.82) is 0 Å². The highest BCUT2D eigenvalue weighted by Crippen LogP contribution is 2.05. The van der Waals surface area contributed by atoms with Crippen molar-refractivity contribution in [2.75, 3.05) is 18.5 Å². The fraction of sp³-hybridized carbons (Fsp3) is 0.556. The zero-order chi connectivity index (χ0) is 10.7. The predicted molar refractivity (Wildman–Crippen MR) is 54.6 cm³/mol. The molecule has 6 heteroatoms. The van der Waals surface area contributed by atoms with Gasteiger partial charge in [0.1, 0.15) is 5.82 Å². The second-order valence-corrected chi connectivity index (χ2v) is 3.50. The van der Waals surface area contributed by atoms with Crippen LogP contribution < -0.4 is 10.6 Å². The lowest BCUT2D eigenvalue weighted by Crippen LogP contribution is -2.38. The molecule has 1 aliphatic rings. The number of amides is 2. The van der Waals surface area contributed by atoms with Gasteiger partial charge in [-0.25, -0.2) is 4.79 Å². The third-order valence-corrected chi connectivity index (χ3v) is 2.33. The van der Waals surface area contributed by atoms with Gasteiger partial charge in [0.15, 0.2) is 0 Å². The number of anilines is 1. The smallest absolute Gasteiger partial charge is 0.320 e. The van der Waals surface area contributed by atoms with E-state index in [9.17, 15) is 4.79 Å². The molecule has 2 N–H and O–H groups in total. The van der Waals surface area contributed by atoms with Crippen LogP contribution in [0, 0.1) is 0 Å². The van der Waals surface area contributed by atoms with Gasteiger partial charge in [0, 0.05) is 19.7 Å². The van der Waals surface area contributed by atoms with Crippen LogP contribution in [0.1, 0.15) is 6.42 Å². The molecule has 82 valence electrons. The van der Waals surface area contributed by atoms with Crippen molar-refractivity contribution < 1.29 is 9.53 Å². The monoisotopic (exact) mass is 210 g/mol. The molecule has 0 spiro atoms. The number of nitrogens with zero attached hydrogens (tertiary/aromatic N) is 2. The van der Waals surface area contributed by atoms with E-state index in [1.165, 1.54) is 0 Å². The largest absolute Gasteiger partial charge is 0.379 e. The molecule has 1 atom stereocenters. The molecule has 0 radical (unpaired) electrons.